The summed E-state index contributed by atoms with van der Waals surface area (Å²) in [5, 5.41) is 1.75. The first kappa shape index (κ1) is 4.94. The van der Waals surface area contributed by atoms with Gasteiger partial charge in [-0.05, 0) is 0 Å². The Kier molecular flexibility index (Phi) is 1.81. The fourth-order valence-electron chi connectivity index (χ4n) is 0.0215. The molecule has 1 amide bonds. The van der Waals surface area contributed by atoms with Crippen molar-refractivity contribution in [3.8, 4) is 0 Å². The third-order valence-corrected chi connectivity index (χ3v) is 0.191. The lowest BCUT2D eigenvalue weighted by Crippen LogP contribution is -1.88. The van der Waals surface area contributed by atoms with Gasteiger partial charge in [-0.3, -0.25) is 9.59 Å². The van der Waals surface area contributed by atoms with Crippen LogP contribution < -0.4 is 0 Å². The largest absolute Gasteiger partial charge is 0.348 e. The fourth-order valence-corrected chi connectivity index (χ4v) is 0.0215. The molecule has 0 aromatic carbocycles. The van der Waals surface area contributed by atoms with Crippen LogP contribution in [0.5, 0.6) is 0 Å². The van der Waals surface area contributed by atoms with Crippen LogP contribution in [-0.2, 0) is 9.59 Å². The van der Waals surface area contributed by atoms with Gasteiger partial charge in [0.25, 0.3) is 0 Å². The first-order valence-corrected chi connectivity index (χ1v) is 1.13. The van der Waals surface area contributed by atoms with E-state index in [1.807, 2.05) is 0 Å². The molecule has 0 aliphatic heterocycles. The number of amides is 1. The lowest BCUT2D eigenvalue weighted by Gasteiger charge is -1.57. The van der Waals surface area contributed by atoms with Crippen molar-refractivity contribution < 1.29 is 9.59 Å². The van der Waals surface area contributed by atoms with Crippen LogP contribution in [0.25, 0.3) is 0 Å². The van der Waals surface area contributed by atoms with Crippen molar-refractivity contribution in [2.75, 3.05) is 0 Å². The molecular formula is C2HNO3. The molecule has 0 spiro atoms. The van der Waals surface area contributed by atoms with E-state index in [-0.39, 0.29) is 6.29 Å². The van der Waals surface area contributed by atoms with Crippen molar-refractivity contribution in [1.29, 1.82) is 0 Å². The van der Waals surface area contributed by atoms with Crippen LogP contribution >= 0.6 is 0 Å². The highest BCUT2D eigenvalue weighted by atomic mass is 16.3. The van der Waals surface area contributed by atoms with Gasteiger partial charge in [-0.15, -0.1) is 4.91 Å². The van der Waals surface area contributed by atoms with Crippen LogP contribution in [0.2, 0.25) is 0 Å². The number of carbonyl (C=O) groups excluding carboxylic acids is 2. The Morgan fingerprint density at radius 3 is 2.17 bits per heavy atom. The van der Waals surface area contributed by atoms with E-state index in [4.69, 9.17) is 9.70 Å². The average molecular weight is 87.0 g/mol. The lowest BCUT2D eigenvalue weighted by molar-refractivity contribution is -0.129. The van der Waals surface area contributed by atoms with Gasteiger partial charge < -0.3 is 0 Å². The van der Waals surface area contributed by atoms with Crippen LogP contribution in [0, 0.1) is 4.91 Å². The van der Waals surface area contributed by atoms with Crippen LogP contribution in [0.4, 0.5) is 0 Å². The van der Waals surface area contributed by atoms with Gasteiger partial charge in [-0.25, -0.2) is 0 Å². The molecule has 0 atom stereocenters. The van der Waals surface area contributed by atoms with E-state index in [1.54, 1.807) is 5.18 Å². The number of hydrogen-bond donors (Lipinski definition) is 0. The Labute approximate surface area is 33.1 Å². The molecule has 0 aliphatic rings. The van der Waals surface area contributed by atoms with E-state index in [2.05, 4.69) is 0 Å². The molecular weight excluding hydrogens is 86.0 g/mol. The van der Waals surface area contributed by atoms with E-state index >= 15 is 0 Å². The predicted molar refractivity (Wildman–Crippen MR) is 16.9 cm³/mol. The molecule has 0 fully saturated rings. The molecule has 0 saturated heterocycles. The van der Waals surface area contributed by atoms with E-state index < -0.39 is 5.91 Å². The molecule has 0 heterocycles. The zero-order chi connectivity index (χ0) is 4.99. The summed E-state index contributed by atoms with van der Waals surface area (Å²) in [5.41, 5.74) is 0. The topological polar surface area (TPSA) is 63.6 Å². The molecule has 0 saturated carbocycles. The van der Waals surface area contributed by atoms with Crippen LogP contribution in [0.1, 0.15) is 0 Å². The van der Waals surface area contributed by atoms with Crippen LogP contribution in [0.3, 0.4) is 0 Å². The maximum absolute atomic E-state index is 9.33. The van der Waals surface area contributed by atoms with E-state index in [1.165, 1.54) is 0 Å². The molecule has 6 heavy (non-hydrogen) atoms. The van der Waals surface area contributed by atoms with Gasteiger partial charge in [0.15, 0.2) is 0 Å². The van der Waals surface area contributed by atoms with Gasteiger partial charge in [0.05, 0.1) is 0 Å². The number of aldehydes is 1. The van der Waals surface area contributed by atoms with Crippen molar-refractivity contribution in [1.82, 2.24) is 0 Å². The first-order chi connectivity index (χ1) is 2.81. The second-order valence-corrected chi connectivity index (χ2v) is 0.547. The van der Waals surface area contributed by atoms with Gasteiger partial charge in [0, 0.05) is 5.18 Å². The molecule has 32 valence electrons. The number of nitroso groups, excluding NO2 is 1. The van der Waals surface area contributed by atoms with E-state index in [0.29, 0.717) is 0 Å². The highest BCUT2D eigenvalue weighted by molar-refractivity contribution is 6.23. The zero-order valence-corrected chi connectivity index (χ0v) is 2.75. The Morgan fingerprint density at radius 2 is 2.17 bits per heavy atom. The van der Waals surface area contributed by atoms with Crippen molar-refractivity contribution in [3.63, 3.8) is 0 Å². The summed E-state index contributed by atoms with van der Waals surface area (Å²) in [6, 6.07) is 0. The minimum Gasteiger partial charge on any atom is -0.292 e. The monoisotopic (exact) mass is 87.0 g/mol. The summed E-state index contributed by atoms with van der Waals surface area (Å²) in [4.78, 5) is 27.3. The van der Waals surface area contributed by atoms with Crippen molar-refractivity contribution in [3.05, 3.63) is 4.91 Å². The third kappa shape index (κ3) is 1.28. The SMILES string of the molecule is O=CC(=O)N=O. The van der Waals surface area contributed by atoms with E-state index in [0.717, 1.165) is 0 Å². The number of carbonyl (C=O) groups is 2. The molecule has 0 aromatic heterocycles. The first-order valence-electron chi connectivity index (χ1n) is 1.13. The Morgan fingerprint density at radius 1 is 1.67 bits per heavy atom. The van der Waals surface area contributed by atoms with E-state index in [9.17, 15) is 4.79 Å². The quantitative estimate of drug-likeness (QED) is 0.245. The summed E-state index contributed by atoms with van der Waals surface area (Å²) in [7, 11) is 0. The Balaban J connectivity index is 3.52. The fraction of sp³-hybridized carbons (Fsp3) is 0. The highest BCUT2D eigenvalue weighted by Crippen LogP contribution is 1.58. The second-order valence-electron chi connectivity index (χ2n) is 0.547. The molecule has 0 N–H and O–H groups in total. The number of nitrogens with zero attached hydrogens (tertiary/aromatic N) is 1. The molecule has 0 aromatic rings. The van der Waals surface area contributed by atoms with Crippen molar-refractivity contribution >= 4 is 12.2 Å². The normalized spacial score (nSPS) is 6.67. The molecule has 4 heteroatoms. The maximum atomic E-state index is 9.33. The summed E-state index contributed by atoms with van der Waals surface area (Å²) in [6.07, 6.45) is -0.146. The van der Waals surface area contributed by atoms with Crippen LogP contribution in [-0.4, -0.2) is 12.2 Å². The summed E-state index contributed by atoms with van der Waals surface area (Å²) >= 11 is 0. The lowest BCUT2D eigenvalue weighted by atomic mass is 10.7. The summed E-state index contributed by atoms with van der Waals surface area (Å²) < 4.78 is 0. The number of rotatable bonds is 1. The molecule has 0 aliphatic carbocycles. The minimum absolute atomic E-state index is 0.146. The van der Waals surface area contributed by atoms with Crippen molar-refractivity contribution in [2.45, 2.75) is 0 Å². The smallest absolute Gasteiger partial charge is 0.292 e. The summed E-state index contributed by atoms with van der Waals surface area (Å²) in [6.45, 7) is 0. The average Bonchev–Trinajstić information content (AvgIpc) is 1.65. The zero-order valence-electron chi connectivity index (χ0n) is 2.75. The Bertz CT molecular complexity index is 76.8. The standard InChI is InChI=1S/C2HNO3/c4-1-2(5)3-6/h1H. The van der Waals surface area contributed by atoms with Gasteiger partial charge in [0.2, 0.25) is 6.29 Å². The molecule has 0 unspecified atom stereocenters. The minimum atomic E-state index is -1.27. The van der Waals surface area contributed by atoms with Crippen molar-refractivity contribution in [2.24, 2.45) is 5.18 Å². The predicted octanol–water partition coefficient (Wildman–Crippen LogP) is -0.522. The molecule has 0 radical (unpaired) electrons. The van der Waals surface area contributed by atoms with Gasteiger partial charge in [0.1, 0.15) is 0 Å². The van der Waals surface area contributed by atoms with Gasteiger partial charge in [-0.2, -0.15) is 0 Å². The third-order valence-electron chi connectivity index (χ3n) is 0.191. The van der Waals surface area contributed by atoms with Crippen LogP contribution in [0.15, 0.2) is 5.18 Å². The molecule has 0 rings (SSSR count). The summed E-state index contributed by atoms with van der Waals surface area (Å²) in [5.74, 6) is -1.27. The van der Waals surface area contributed by atoms with Gasteiger partial charge in [-0.1, -0.05) is 0 Å². The highest BCUT2D eigenvalue weighted by Gasteiger charge is 1.89. The second kappa shape index (κ2) is 2.19. The van der Waals surface area contributed by atoms with Gasteiger partial charge >= 0.3 is 5.91 Å². The number of hydrogen-bond acceptors (Lipinski definition) is 3. The molecule has 4 nitrogen and oxygen atoms in total. The maximum Gasteiger partial charge on any atom is 0.348 e. The Hall–Kier alpha value is -1.06. The molecule has 0 bridgehead atoms.